The van der Waals surface area contributed by atoms with Gasteiger partial charge in [-0.1, -0.05) is 11.6 Å². The van der Waals surface area contributed by atoms with Gasteiger partial charge in [-0.15, -0.1) is 11.3 Å². The van der Waals surface area contributed by atoms with Crippen LogP contribution in [0.15, 0.2) is 23.8 Å². The Labute approximate surface area is 159 Å². The Morgan fingerprint density at radius 2 is 2.15 bits per heavy atom. The van der Waals surface area contributed by atoms with Crippen LogP contribution in [0.5, 0.6) is 17.4 Å². The second-order valence-corrected chi connectivity index (χ2v) is 7.74. The molecule has 0 atom stereocenters. The number of hydrogen-bond donors (Lipinski definition) is 2. The third-order valence-electron chi connectivity index (χ3n) is 3.96. The van der Waals surface area contributed by atoms with Crippen LogP contribution in [-0.4, -0.2) is 27.5 Å². The van der Waals surface area contributed by atoms with E-state index in [1.165, 1.54) is 11.3 Å². The van der Waals surface area contributed by atoms with E-state index in [-0.39, 0.29) is 19.1 Å². The van der Waals surface area contributed by atoms with E-state index in [4.69, 9.17) is 26.8 Å². The van der Waals surface area contributed by atoms with Gasteiger partial charge >= 0.3 is 5.97 Å². The normalized spacial score (nSPS) is 13.2. The van der Waals surface area contributed by atoms with Crippen LogP contribution in [0.1, 0.15) is 30.2 Å². The van der Waals surface area contributed by atoms with E-state index in [2.05, 4.69) is 0 Å². The van der Waals surface area contributed by atoms with E-state index < -0.39 is 5.97 Å². The topological polar surface area (TPSA) is 80.9 Å². The SMILES string of the molecule is CC(=Cc1sc(=S)n(CCCC(=O)O)c1O)Cc1ccc2c(c1)OCO2. The number of carboxylic acids is 1. The number of benzene rings is 1. The Hall–Kier alpha value is -2.32. The number of fused-ring (bicyclic) bond motifs is 1. The Morgan fingerprint density at radius 3 is 2.92 bits per heavy atom. The highest BCUT2D eigenvalue weighted by molar-refractivity contribution is 7.73. The van der Waals surface area contributed by atoms with Crippen molar-refractivity contribution in [1.29, 1.82) is 0 Å². The third kappa shape index (κ3) is 4.25. The number of nitrogens with zero attached hydrogens (tertiary/aromatic N) is 1. The Morgan fingerprint density at radius 1 is 1.38 bits per heavy atom. The van der Waals surface area contributed by atoms with Crippen molar-refractivity contribution in [1.82, 2.24) is 4.57 Å². The first-order valence-corrected chi connectivity index (χ1v) is 9.36. The van der Waals surface area contributed by atoms with Crippen molar-refractivity contribution in [3.63, 3.8) is 0 Å². The molecule has 1 aromatic heterocycles. The number of rotatable bonds is 7. The summed E-state index contributed by atoms with van der Waals surface area (Å²) in [5.41, 5.74) is 2.15. The molecule has 3 rings (SSSR count). The van der Waals surface area contributed by atoms with E-state index in [0.717, 1.165) is 22.6 Å². The first-order chi connectivity index (χ1) is 12.4. The summed E-state index contributed by atoms with van der Waals surface area (Å²) in [5, 5.41) is 19.1. The highest BCUT2D eigenvalue weighted by atomic mass is 32.1. The second kappa shape index (κ2) is 7.92. The number of carboxylic acid groups (broad SMARTS) is 1. The van der Waals surface area contributed by atoms with Gasteiger partial charge in [0, 0.05) is 13.0 Å². The first-order valence-electron chi connectivity index (χ1n) is 8.14. The molecule has 2 N–H and O–H groups in total. The van der Waals surface area contributed by atoms with Gasteiger partial charge in [0.15, 0.2) is 15.5 Å². The van der Waals surface area contributed by atoms with Crippen LogP contribution in [0.25, 0.3) is 6.08 Å². The molecular weight excluding hydrogens is 374 g/mol. The largest absolute Gasteiger partial charge is 0.493 e. The van der Waals surface area contributed by atoms with Crippen molar-refractivity contribution < 1.29 is 24.5 Å². The molecule has 0 bridgehead atoms. The molecule has 0 amide bonds. The monoisotopic (exact) mass is 393 g/mol. The molecule has 8 heteroatoms. The zero-order valence-corrected chi connectivity index (χ0v) is 15.9. The van der Waals surface area contributed by atoms with Gasteiger partial charge in [0.1, 0.15) is 0 Å². The standard InChI is InChI=1S/C18H19NO5S2/c1-11(7-12-4-5-13-14(9-12)24-10-23-13)8-15-17(22)19(18(25)26-15)6-2-3-16(20)21/h4-5,8-9,22H,2-3,6-7,10H2,1H3,(H,20,21). The maximum absolute atomic E-state index is 10.6. The van der Waals surface area contributed by atoms with Gasteiger partial charge in [0.05, 0.1) is 4.88 Å². The van der Waals surface area contributed by atoms with Crippen LogP contribution in [0.3, 0.4) is 0 Å². The summed E-state index contributed by atoms with van der Waals surface area (Å²) < 4.78 is 12.8. The van der Waals surface area contributed by atoms with Gasteiger partial charge in [0.2, 0.25) is 12.7 Å². The average molecular weight is 393 g/mol. The van der Waals surface area contributed by atoms with E-state index >= 15 is 0 Å². The summed E-state index contributed by atoms with van der Waals surface area (Å²) in [5.74, 6) is 0.740. The van der Waals surface area contributed by atoms with E-state index in [0.29, 0.717) is 28.2 Å². The van der Waals surface area contributed by atoms with Crippen LogP contribution in [-0.2, 0) is 17.8 Å². The molecule has 0 aliphatic carbocycles. The lowest BCUT2D eigenvalue weighted by molar-refractivity contribution is -0.137. The maximum atomic E-state index is 10.6. The minimum Gasteiger partial charge on any atom is -0.493 e. The molecule has 6 nitrogen and oxygen atoms in total. The second-order valence-electron chi connectivity index (χ2n) is 6.06. The molecule has 2 aromatic rings. The van der Waals surface area contributed by atoms with E-state index in [1.807, 2.05) is 31.2 Å². The number of aromatic hydroxyl groups is 1. The Balaban J connectivity index is 1.72. The molecule has 26 heavy (non-hydrogen) atoms. The lowest BCUT2D eigenvalue weighted by Gasteiger charge is -2.05. The maximum Gasteiger partial charge on any atom is 0.303 e. The summed E-state index contributed by atoms with van der Waals surface area (Å²) in [7, 11) is 0. The fourth-order valence-corrected chi connectivity index (χ4v) is 4.13. The minimum absolute atomic E-state index is 0.0470. The quantitative estimate of drug-likeness (QED) is 0.686. The number of aromatic nitrogens is 1. The van der Waals surface area contributed by atoms with Gasteiger partial charge in [-0.3, -0.25) is 9.36 Å². The first kappa shape index (κ1) is 18.5. The number of thiazole rings is 1. The van der Waals surface area contributed by atoms with Crippen LogP contribution >= 0.6 is 23.6 Å². The molecule has 0 saturated carbocycles. The lowest BCUT2D eigenvalue weighted by atomic mass is 10.1. The lowest BCUT2D eigenvalue weighted by Crippen LogP contribution is -2.01. The third-order valence-corrected chi connectivity index (χ3v) is 5.35. The average Bonchev–Trinajstić information content (AvgIpc) is 3.13. The summed E-state index contributed by atoms with van der Waals surface area (Å²) >= 11 is 6.61. The number of aliphatic carboxylic acids is 1. The highest BCUT2D eigenvalue weighted by Gasteiger charge is 2.14. The van der Waals surface area contributed by atoms with Crippen molar-refractivity contribution in [3.05, 3.63) is 38.2 Å². The van der Waals surface area contributed by atoms with Crippen molar-refractivity contribution in [2.75, 3.05) is 6.79 Å². The van der Waals surface area contributed by atoms with Crippen LogP contribution in [0.2, 0.25) is 0 Å². The number of allylic oxidation sites excluding steroid dienone is 1. The van der Waals surface area contributed by atoms with Crippen molar-refractivity contribution in [2.24, 2.45) is 0 Å². The molecular formula is C18H19NO5S2. The molecule has 138 valence electrons. The van der Waals surface area contributed by atoms with E-state index in [9.17, 15) is 9.90 Å². The van der Waals surface area contributed by atoms with Crippen molar-refractivity contribution >= 4 is 35.6 Å². The summed E-state index contributed by atoms with van der Waals surface area (Å²) in [6, 6.07) is 5.84. The molecule has 0 fully saturated rings. The fourth-order valence-electron chi connectivity index (χ4n) is 2.74. The zero-order valence-electron chi connectivity index (χ0n) is 14.2. The van der Waals surface area contributed by atoms with Crippen molar-refractivity contribution in [2.45, 2.75) is 32.7 Å². The zero-order chi connectivity index (χ0) is 18.7. The van der Waals surface area contributed by atoms with Crippen LogP contribution < -0.4 is 9.47 Å². The summed E-state index contributed by atoms with van der Waals surface area (Å²) in [6.07, 6.45) is 3.09. The van der Waals surface area contributed by atoms with Gasteiger partial charge in [-0.25, -0.2) is 0 Å². The summed E-state index contributed by atoms with van der Waals surface area (Å²) in [4.78, 5) is 11.3. The predicted molar refractivity (Wildman–Crippen MR) is 102 cm³/mol. The fraction of sp³-hybridized carbons (Fsp3) is 0.333. The van der Waals surface area contributed by atoms with Gasteiger partial charge in [-0.2, -0.15) is 0 Å². The molecule has 0 unspecified atom stereocenters. The Kier molecular flexibility index (Phi) is 5.63. The smallest absolute Gasteiger partial charge is 0.303 e. The van der Waals surface area contributed by atoms with Crippen LogP contribution in [0.4, 0.5) is 0 Å². The number of carbonyl (C=O) groups is 1. The van der Waals surface area contributed by atoms with Gasteiger partial charge in [-0.05, 0) is 55.8 Å². The van der Waals surface area contributed by atoms with Gasteiger partial charge in [0.25, 0.3) is 0 Å². The predicted octanol–water partition coefficient (Wildman–Crippen LogP) is 4.22. The molecule has 0 spiro atoms. The molecule has 1 aliphatic heterocycles. The minimum atomic E-state index is -0.856. The molecule has 0 saturated heterocycles. The number of ether oxygens (including phenoxy) is 2. The number of hydrogen-bond acceptors (Lipinski definition) is 6. The molecule has 0 radical (unpaired) electrons. The molecule has 1 aromatic carbocycles. The van der Waals surface area contributed by atoms with Gasteiger partial charge < -0.3 is 19.7 Å². The molecule has 1 aliphatic rings. The van der Waals surface area contributed by atoms with E-state index in [1.54, 1.807) is 4.57 Å². The highest BCUT2D eigenvalue weighted by Crippen LogP contribution is 2.34. The molecule has 2 heterocycles. The van der Waals surface area contributed by atoms with Crippen molar-refractivity contribution in [3.8, 4) is 17.4 Å². The van der Waals surface area contributed by atoms with Crippen LogP contribution in [0, 0.1) is 3.95 Å². The summed E-state index contributed by atoms with van der Waals surface area (Å²) in [6.45, 7) is 2.63. The Bertz CT molecular complexity index is 913.